The maximum absolute atomic E-state index is 11.4. The van der Waals surface area contributed by atoms with Gasteiger partial charge in [0.05, 0.1) is 6.61 Å². The standard InChI is InChI=1S/C11H14NO3.BrH/c1-2-15-11(14)8-10(13)9-12-6-4-3-5-7-12;/h3-7H,2,8-9H2,1H3;1H/q+1;/p-1. The summed E-state index contributed by atoms with van der Waals surface area (Å²) < 4.78 is 6.40. The molecule has 5 heteroatoms. The predicted octanol–water partition coefficient (Wildman–Crippen LogP) is -2.50. The van der Waals surface area contributed by atoms with Gasteiger partial charge < -0.3 is 21.7 Å². The van der Waals surface area contributed by atoms with Crippen molar-refractivity contribution in [2.45, 2.75) is 19.9 Å². The fraction of sp³-hybridized carbons (Fsp3) is 0.364. The van der Waals surface area contributed by atoms with E-state index < -0.39 is 5.97 Å². The van der Waals surface area contributed by atoms with E-state index >= 15 is 0 Å². The zero-order valence-electron chi connectivity index (χ0n) is 9.06. The minimum Gasteiger partial charge on any atom is -1.00 e. The number of ether oxygens (including phenoxy) is 1. The number of halogens is 1. The second-order valence-corrected chi connectivity index (χ2v) is 3.07. The van der Waals surface area contributed by atoms with Crippen LogP contribution in [0.2, 0.25) is 0 Å². The van der Waals surface area contributed by atoms with Crippen molar-refractivity contribution < 1.29 is 35.9 Å². The van der Waals surface area contributed by atoms with Crippen molar-refractivity contribution in [2.24, 2.45) is 0 Å². The first-order valence-corrected chi connectivity index (χ1v) is 4.83. The van der Waals surface area contributed by atoms with Crippen LogP contribution in [0.4, 0.5) is 0 Å². The Morgan fingerprint density at radius 2 is 1.81 bits per heavy atom. The lowest BCUT2D eigenvalue weighted by Crippen LogP contribution is -3.00. The van der Waals surface area contributed by atoms with E-state index in [0.717, 1.165) is 0 Å². The second-order valence-electron chi connectivity index (χ2n) is 3.07. The Kier molecular flexibility index (Phi) is 7.37. The molecule has 0 radical (unpaired) electrons. The Bertz CT molecular complexity index is 340. The normalized spacial score (nSPS) is 9.06. The molecule has 0 aliphatic heterocycles. The van der Waals surface area contributed by atoms with Crippen LogP contribution in [0, 0.1) is 0 Å². The Morgan fingerprint density at radius 1 is 1.19 bits per heavy atom. The Labute approximate surface area is 105 Å². The molecule has 0 amide bonds. The third-order valence-corrected chi connectivity index (χ3v) is 1.78. The van der Waals surface area contributed by atoms with Crippen LogP contribution in [-0.2, 0) is 20.9 Å². The molecule has 0 saturated heterocycles. The SMILES string of the molecule is CCOC(=O)CC(=O)C[n+]1ccccc1.[Br-]. The highest BCUT2D eigenvalue weighted by atomic mass is 79.9. The van der Waals surface area contributed by atoms with Gasteiger partial charge in [0.15, 0.2) is 12.4 Å². The highest BCUT2D eigenvalue weighted by Gasteiger charge is 2.14. The van der Waals surface area contributed by atoms with Gasteiger partial charge in [-0.3, -0.25) is 9.59 Å². The number of esters is 1. The summed E-state index contributed by atoms with van der Waals surface area (Å²) in [6.45, 7) is 2.23. The number of ketones is 1. The zero-order valence-corrected chi connectivity index (χ0v) is 10.6. The number of hydrogen-bond acceptors (Lipinski definition) is 3. The van der Waals surface area contributed by atoms with Crippen LogP contribution >= 0.6 is 0 Å². The van der Waals surface area contributed by atoms with Crippen molar-refractivity contribution in [1.82, 2.24) is 0 Å². The van der Waals surface area contributed by atoms with E-state index in [1.807, 2.05) is 18.2 Å². The zero-order chi connectivity index (χ0) is 11.1. The summed E-state index contributed by atoms with van der Waals surface area (Å²) in [7, 11) is 0. The molecule has 0 aliphatic rings. The maximum Gasteiger partial charge on any atom is 0.313 e. The summed E-state index contributed by atoms with van der Waals surface area (Å²) in [5, 5.41) is 0. The van der Waals surface area contributed by atoms with Crippen molar-refractivity contribution in [1.29, 1.82) is 0 Å². The first-order chi connectivity index (χ1) is 7.22. The third kappa shape index (κ3) is 5.60. The number of carbonyl (C=O) groups excluding carboxylic acids is 2. The van der Waals surface area contributed by atoms with Gasteiger partial charge >= 0.3 is 5.97 Å². The van der Waals surface area contributed by atoms with E-state index in [9.17, 15) is 9.59 Å². The molecule has 1 aromatic heterocycles. The lowest BCUT2D eigenvalue weighted by atomic mass is 10.3. The van der Waals surface area contributed by atoms with Gasteiger partial charge in [-0.2, -0.15) is 4.57 Å². The highest BCUT2D eigenvalue weighted by molar-refractivity contribution is 5.94. The predicted molar refractivity (Wildman–Crippen MR) is 52.9 cm³/mol. The van der Waals surface area contributed by atoms with Crippen molar-refractivity contribution in [2.75, 3.05) is 6.61 Å². The number of carbonyl (C=O) groups is 2. The molecule has 0 bridgehead atoms. The molecule has 4 nitrogen and oxygen atoms in total. The number of Topliss-reactive ketones (excluding diaryl/α,β-unsaturated/α-hetero) is 1. The maximum atomic E-state index is 11.4. The molecule has 1 heterocycles. The summed E-state index contributed by atoms with van der Waals surface area (Å²) in [5.74, 6) is -0.608. The summed E-state index contributed by atoms with van der Waals surface area (Å²) in [6, 6.07) is 5.53. The number of aromatic nitrogens is 1. The highest BCUT2D eigenvalue weighted by Crippen LogP contribution is 1.89. The quantitative estimate of drug-likeness (QED) is 0.342. The number of rotatable bonds is 5. The van der Waals surface area contributed by atoms with Crippen LogP contribution in [0.15, 0.2) is 30.6 Å². The van der Waals surface area contributed by atoms with E-state index in [-0.39, 0.29) is 35.7 Å². The fourth-order valence-corrected chi connectivity index (χ4v) is 1.17. The first-order valence-electron chi connectivity index (χ1n) is 4.83. The van der Waals surface area contributed by atoms with Crippen molar-refractivity contribution >= 4 is 11.8 Å². The Balaban J connectivity index is 0.00000225. The van der Waals surface area contributed by atoms with E-state index in [4.69, 9.17) is 0 Å². The van der Waals surface area contributed by atoms with Crippen molar-refractivity contribution in [3.63, 3.8) is 0 Å². The molecular weight excluding hydrogens is 274 g/mol. The van der Waals surface area contributed by atoms with Gasteiger partial charge in [-0.1, -0.05) is 6.07 Å². The van der Waals surface area contributed by atoms with E-state index in [1.165, 1.54) is 0 Å². The molecule has 0 spiro atoms. The average molecular weight is 288 g/mol. The van der Waals surface area contributed by atoms with Crippen LogP contribution in [-0.4, -0.2) is 18.4 Å². The van der Waals surface area contributed by atoms with Crippen LogP contribution in [0.25, 0.3) is 0 Å². The molecule has 0 atom stereocenters. The van der Waals surface area contributed by atoms with Gasteiger partial charge in [0, 0.05) is 12.1 Å². The van der Waals surface area contributed by atoms with E-state index in [2.05, 4.69) is 4.74 Å². The summed E-state index contributed by atoms with van der Waals surface area (Å²) in [4.78, 5) is 22.4. The number of hydrogen-bond donors (Lipinski definition) is 0. The van der Waals surface area contributed by atoms with Gasteiger partial charge in [-0.25, -0.2) is 0 Å². The molecule has 88 valence electrons. The third-order valence-electron chi connectivity index (χ3n) is 1.78. The Morgan fingerprint density at radius 3 is 2.38 bits per heavy atom. The molecule has 0 N–H and O–H groups in total. The summed E-state index contributed by atoms with van der Waals surface area (Å²) in [5.41, 5.74) is 0. The summed E-state index contributed by atoms with van der Waals surface area (Å²) in [6.07, 6.45) is 3.40. The minimum atomic E-state index is -0.459. The first kappa shape index (κ1) is 14.8. The van der Waals surface area contributed by atoms with Gasteiger partial charge in [-0.05, 0) is 6.92 Å². The monoisotopic (exact) mass is 287 g/mol. The topological polar surface area (TPSA) is 47.3 Å². The summed E-state index contributed by atoms with van der Waals surface area (Å²) >= 11 is 0. The molecule has 1 rings (SSSR count). The van der Waals surface area contributed by atoms with Gasteiger partial charge in [0.2, 0.25) is 12.3 Å². The molecule has 1 aromatic rings. The van der Waals surface area contributed by atoms with Gasteiger partial charge in [0.1, 0.15) is 6.42 Å². The van der Waals surface area contributed by atoms with Crippen LogP contribution in [0.3, 0.4) is 0 Å². The van der Waals surface area contributed by atoms with Gasteiger partial charge in [0.25, 0.3) is 0 Å². The average Bonchev–Trinajstić information content (AvgIpc) is 2.19. The lowest BCUT2D eigenvalue weighted by molar-refractivity contribution is -0.684. The molecule has 0 fully saturated rings. The van der Waals surface area contributed by atoms with Crippen molar-refractivity contribution in [3.8, 4) is 0 Å². The fourth-order valence-electron chi connectivity index (χ4n) is 1.17. The van der Waals surface area contributed by atoms with Crippen molar-refractivity contribution in [3.05, 3.63) is 30.6 Å². The van der Waals surface area contributed by atoms with Crippen LogP contribution in [0.5, 0.6) is 0 Å². The van der Waals surface area contributed by atoms with Gasteiger partial charge in [-0.15, -0.1) is 0 Å². The molecular formula is C11H14BrNO3. The van der Waals surface area contributed by atoms with E-state index in [1.54, 1.807) is 23.9 Å². The van der Waals surface area contributed by atoms with Crippen LogP contribution in [0.1, 0.15) is 13.3 Å². The second kappa shape index (κ2) is 7.98. The molecule has 0 unspecified atom stereocenters. The van der Waals surface area contributed by atoms with E-state index in [0.29, 0.717) is 6.61 Å². The molecule has 0 saturated carbocycles. The lowest BCUT2D eigenvalue weighted by Gasteiger charge is -1.99. The minimum absolute atomic E-state index is 0. The van der Waals surface area contributed by atoms with Crippen LogP contribution < -0.4 is 21.5 Å². The molecule has 16 heavy (non-hydrogen) atoms. The smallest absolute Gasteiger partial charge is 0.313 e. The molecule has 0 aromatic carbocycles. The number of nitrogens with zero attached hydrogens (tertiary/aromatic N) is 1. The molecule has 0 aliphatic carbocycles. The number of pyridine rings is 1. The Hall–Kier alpha value is -1.23. The largest absolute Gasteiger partial charge is 1.00 e.